The zero-order valence-corrected chi connectivity index (χ0v) is 19.3. The molecule has 1 N–H and O–H groups in total. The molecule has 8 nitrogen and oxygen atoms in total. The summed E-state index contributed by atoms with van der Waals surface area (Å²) in [6.07, 6.45) is 3.72. The predicted molar refractivity (Wildman–Crippen MR) is 119 cm³/mol. The Kier molecular flexibility index (Phi) is 6.66. The summed E-state index contributed by atoms with van der Waals surface area (Å²) in [4.78, 5) is 27.5. The largest absolute Gasteiger partial charge is 0.522 e. The summed E-state index contributed by atoms with van der Waals surface area (Å²) in [7, 11) is 1.70. The van der Waals surface area contributed by atoms with Gasteiger partial charge in [0.2, 0.25) is 0 Å². The summed E-state index contributed by atoms with van der Waals surface area (Å²) in [5.74, 6) is 0. The third-order valence-corrected chi connectivity index (χ3v) is 6.71. The van der Waals surface area contributed by atoms with Crippen LogP contribution in [-0.2, 0) is 22.6 Å². The molecule has 0 radical (unpaired) electrons. The summed E-state index contributed by atoms with van der Waals surface area (Å²) in [6.45, 7) is 2.80. The molecule has 9 heteroatoms. The van der Waals surface area contributed by atoms with Gasteiger partial charge in [-0.15, -0.1) is 4.48 Å². The van der Waals surface area contributed by atoms with Gasteiger partial charge in [0.25, 0.3) is 0 Å². The van der Waals surface area contributed by atoms with Gasteiger partial charge in [0, 0.05) is 47.9 Å². The normalized spacial score (nSPS) is 18.3. The van der Waals surface area contributed by atoms with E-state index in [1.807, 2.05) is 6.07 Å². The van der Waals surface area contributed by atoms with E-state index in [9.17, 15) is 14.7 Å². The fourth-order valence-electron chi connectivity index (χ4n) is 4.32. The Morgan fingerprint density at radius 1 is 1.32 bits per heavy atom. The number of aryl methyl sites for hydroxylation is 1. The Morgan fingerprint density at radius 2 is 2.06 bits per heavy atom. The molecule has 0 spiro atoms. The van der Waals surface area contributed by atoms with Crippen molar-refractivity contribution < 1.29 is 28.7 Å². The zero-order valence-electron chi connectivity index (χ0n) is 17.8. The number of imide groups is 1. The summed E-state index contributed by atoms with van der Waals surface area (Å²) < 4.78 is 13.2. The number of carbonyl (C=O) groups excluding carboxylic acids is 1. The van der Waals surface area contributed by atoms with Gasteiger partial charge in [-0.3, -0.25) is 4.90 Å². The molecule has 31 heavy (non-hydrogen) atoms. The van der Waals surface area contributed by atoms with E-state index in [0.29, 0.717) is 13.2 Å². The van der Waals surface area contributed by atoms with Gasteiger partial charge in [0.1, 0.15) is 13.1 Å². The molecule has 0 bridgehead atoms. The van der Waals surface area contributed by atoms with Crippen molar-refractivity contribution in [2.45, 2.75) is 38.4 Å². The van der Waals surface area contributed by atoms with Crippen LogP contribution in [-0.4, -0.2) is 77.2 Å². The SMILES string of the molecule is COCCCn1cc(CN(C(=O)[N+]2(C(=O)O)CCOCC2)C2CC2)c2ccc(Br)cc21. The summed E-state index contributed by atoms with van der Waals surface area (Å²) in [6, 6.07) is 5.93. The van der Waals surface area contributed by atoms with E-state index in [0.717, 1.165) is 46.7 Å². The maximum absolute atomic E-state index is 13.6. The van der Waals surface area contributed by atoms with Crippen LogP contribution in [0.3, 0.4) is 0 Å². The van der Waals surface area contributed by atoms with Crippen molar-refractivity contribution >= 4 is 39.0 Å². The highest BCUT2D eigenvalue weighted by Crippen LogP contribution is 2.34. The number of halogens is 1. The van der Waals surface area contributed by atoms with Crippen LogP contribution in [0.15, 0.2) is 28.9 Å². The van der Waals surface area contributed by atoms with E-state index in [2.05, 4.69) is 38.8 Å². The molecule has 1 aliphatic carbocycles. The summed E-state index contributed by atoms with van der Waals surface area (Å²) in [5, 5.41) is 11.0. The van der Waals surface area contributed by atoms with Crippen molar-refractivity contribution in [3.05, 3.63) is 34.4 Å². The van der Waals surface area contributed by atoms with E-state index < -0.39 is 10.6 Å². The number of rotatable bonds is 7. The lowest BCUT2D eigenvalue weighted by Crippen LogP contribution is -2.65. The number of benzene rings is 1. The third-order valence-electron chi connectivity index (χ3n) is 6.22. The molecule has 0 unspecified atom stereocenters. The Hall–Kier alpha value is -1.94. The van der Waals surface area contributed by atoms with Crippen LogP contribution in [0.2, 0.25) is 0 Å². The first-order valence-corrected chi connectivity index (χ1v) is 11.5. The maximum atomic E-state index is 13.6. The third kappa shape index (κ3) is 4.50. The second-order valence-electron chi connectivity index (χ2n) is 8.31. The first-order chi connectivity index (χ1) is 15.0. The van der Waals surface area contributed by atoms with Crippen LogP contribution in [0.5, 0.6) is 0 Å². The van der Waals surface area contributed by atoms with Crippen LogP contribution >= 0.6 is 15.9 Å². The molecule has 1 saturated heterocycles. The minimum atomic E-state index is -1.09. The number of ether oxygens (including phenoxy) is 2. The first kappa shape index (κ1) is 22.3. The number of nitrogens with zero attached hydrogens (tertiary/aromatic N) is 3. The molecule has 2 fully saturated rings. The number of aromatic nitrogens is 1. The van der Waals surface area contributed by atoms with Gasteiger partial charge in [-0.2, -0.15) is 4.79 Å². The lowest BCUT2D eigenvalue weighted by atomic mass is 10.1. The van der Waals surface area contributed by atoms with Crippen molar-refractivity contribution in [2.24, 2.45) is 0 Å². The molecule has 168 valence electrons. The molecule has 2 heterocycles. The molecule has 0 atom stereocenters. The van der Waals surface area contributed by atoms with Crippen molar-refractivity contribution in [2.75, 3.05) is 40.0 Å². The molecule has 2 aliphatic rings. The van der Waals surface area contributed by atoms with E-state index in [1.165, 1.54) is 0 Å². The van der Waals surface area contributed by atoms with E-state index in [1.54, 1.807) is 12.0 Å². The lowest BCUT2D eigenvalue weighted by Gasteiger charge is -2.36. The van der Waals surface area contributed by atoms with E-state index in [-0.39, 0.29) is 38.4 Å². The zero-order chi connectivity index (χ0) is 22.0. The number of hydrogen-bond donors (Lipinski definition) is 1. The highest BCUT2D eigenvalue weighted by Gasteiger charge is 2.52. The van der Waals surface area contributed by atoms with Crippen LogP contribution < -0.4 is 0 Å². The number of methoxy groups -OCH3 is 1. The Bertz CT molecular complexity index is 965. The van der Waals surface area contributed by atoms with Crippen molar-refractivity contribution in [1.82, 2.24) is 9.47 Å². The fourth-order valence-corrected chi connectivity index (χ4v) is 4.67. The van der Waals surface area contributed by atoms with Crippen molar-refractivity contribution in [3.63, 3.8) is 0 Å². The smallest absolute Gasteiger partial charge is 0.435 e. The second kappa shape index (κ2) is 9.28. The number of amides is 3. The van der Waals surface area contributed by atoms with E-state index >= 15 is 0 Å². The molecule has 1 aliphatic heterocycles. The molecule has 1 aromatic carbocycles. The fraction of sp³-hybridized carbons (Fsp3) is 0.545. The van der Waals surface area contributed by atoms with Gasteiger partial charge in [0.05, 0.1) is 19.8 Å². The standard InChI is InChI=1S/C22H28BrN3O5/c1-30-10-2-7-24-14-16(19-6-3-17(23)13-20(19)24)15-25(18-4-5-18)21(27)26(22(28)29)8-11-31-12-9-26/h3,6,13-14,18H,2,4-5,7-12,15H2,1H3/p+1. The van der Waals surface area contributed by atoms with Gasteiger partial charge < -0.3 is 19.1 Å². The van der Waals surface area contributed by atoms with E-state index in [4.69, 9.17) is 9.47 Å². The monoisotopic (exact) mass is 494 g/mol. The quantitative estimate of drug-likeness (QED) is 0.463. The molecular formula is C22H29BrN3O5+. The number of carboxylic acid groups (broad SMARTS) is 1. The molecule has 1 saturated carbocycles. The number of fused-ring (bicyclic) bond motifs is 1. The predicted octanol–water partition coefficient (Wildman–Crippen LogP) is 4.05. The average molecular weight is 495 g/mol. The van der Waals surface area contributed by atoms with Gasteiger partial charge in [-0.05, 0) is 37.0 Å². The van der Waals surface area contributed by atoms with Crippen molar-refractivity contribution in [3.8, 4) is 0 Å². The number of morpholine rings is 1. The molecule has 1 aromatic heterocycles. The first-order valence-electron chi connectivity index (χ1n) is 10.7. The van der Waals surface area contributed by atoms with Crippen LogP contribution in [0.25, 0.3) is 10.9 Å². The Labute approximate surface area is 190 Å². The summed E-state index contributed by atoms with van der Waals surface area (Å²) in [5.41, 5.74) is 2.13. The number of hydrogen-bond acceptors (Lipinski definition) is 4. The Morgan fingerprint density at radius 3 is 2.71 bits per heavy atom. The van der Waals surface area contributed by atoms with Crippen LogP contribution in [0.1, 0.15) is 24.8 Å². The molecule has 3 amide bonds. The van der Waals surface area contributed by atoms with Gasteiger partial charge in [-0.25, -0.2) is 4.79 Å². The van der Waals surface area contributed by atoms with Gasteiger partial charge in [0.15, 0.2) is 0 Å². The number of urea groups is 1. The van der Waals surface area contributed by atoms with Gasteiger partial charge >= 0.3 is 12.1 Å². The highest BCUT2D eigenvalue weighted by molar-refractivity contribution is 9.10. The topological polar surface area (TPSA) is 81.0 Å². The summed E-state index contributed by atoms with van der Waals surface area (Å²) >= 11 is 3.56. The maximum Gasteiger partial charge on any atom is 0.522 e. The lowest BCUT2D eigenvalue weighted by molar-refractivity contribution is -0.791. The minimum absolute atomic E-state index is 0.104. The molecular weight excluding hydrogens is 466 g/mol. The highest BCUT2D eigenvalue weighted by atomic mass is 79.9. The van der Waals surface area contributed by atoms with Crippen LogP contribution in [0.4, 0.5) is 9.59 Å². The number of carbonyl (C=O) groups is 2. The van der Waals surface area contributed by atoms with Crippen molar-refractivity contribution in [1.29, 1.82) is 0 Å². The van der Waals surface area contributed by atoms with Gasteiger partial charge in [-0.1, -0.05) is 22.0 Å². The Balaban J connectivity index is 1.65. The average Bonchev–Trinajstić information content (AvgIpc) is 3.55. The molecule has 4 rings (SSSR count). The number of quaternary nitrogens is 1. The molecule has 2 aromatic rings. The minimum Gasteiger partial charge on any atom is -0.435 e. The second-order valence-corrected chi connectivity index (χ2v) is 9.22. The van der Waals surface area contributed by atoms with Crippen LogP contribution in [0, 0.1) is 0 Å².